The van der Waals surface area contributed by atoms with E-state index >= 15 is 0 Å². The van der Waals surface area contributed by atoms with Gasteiger partial charge in [0.2, 0.25) is 11.6 Å². The van der Waals surface area contributed by atoms with Crippen molar-refractivity contribution in [2.75, 3.05) is 0 Å². The number of carbonyl (C=O) groups excluding carboxylic acids is 2. The lowest BCUT2D eigenvalue weighted by atomic mass is 9.82. The van der Waals surface area contributed by atoms with E-state index < -0.39 is 39.4 Å². The molecule has 2 atom stereocenters. The van der Waals surface area contributed by atoms with Crippen LogP contribution in [0.2, 0.25) is 0 Å². The highest BCUT2D eigenvalue weighted by atomic mass is 32.2. The van der Waals surface area contributed by atoms with E-state index in [2.05, 4.69) is 0 Å². The van der Waals surface area contributed by atoms with Crippen LogP contribution in [0.1, 0.15) is 5.56 Å². The first-order valence-corrected chi connectivity index (χ1v) is 9.66. The van der Waals surface area contributed by atoms with E-state index in [1.54, 1.807) is 30.3 Å². The van der Waals surface area contributed by atoms with E-state index in [1.165, 1.54) is 24.4 Å². The maximum Gasteiger partial charge on any atom is 0.264 e. The molecule has 7 heteroatoms. The van der Waals surface area contributed by atoms with E-state index in [4.69, 9.17) is 0 Å². The van der Waals surface area contributed by atoms with Crippen molar-refractivity contribution in [2.24, 2.45) is 5.92 Å². The molecule has 2 aliphatic rings. The molecular weight excluding hydrogens is 369 g/mol. The molecule has 5 nitrogen and oxygen atoms in total. The fraction of sp³-hybridized carbons (Fsp3) is 0.100. The molecule has 1 aliphatic heterocycles. The van der Waals surface area contributed by atoms with Crippen molar-refractivity contribution in [1.82, 2.24) is 4.31 Å². The van der Waals surface area contributed by atoms with E-state index in [0.29, 0.717) is 11.1 Å². The Hall–Kier alpha value is -3.06. The molecule has 1 heterocycles. The normalized spacial score (nSPS) is 22.0. The van der Waals surface area contributed by atoms with Gasteiger partial charge in [-0.05, 0) is 41.5 Å². The van der Waals surface area contributed by atoms with E-state index in [9.17, 15) is 22.4 Å². The summed E-state index contributed by atoms with van der Waals surface area (Å²) in [5.74, 6) is -2.75. The third-order valence-electron chi connectivity index (χ3n) is 4.70. The molecular formula is C20H14FNO4S. The lowest BCUT2D eigenvalue weighted by Gasteiger charge is -2.28. The molecule has 1 aliphatic carbocycles. The van der Waals surface area contributed by atoms with Crippen LogP contribution in [0, 0.1) is 11.7 Å². The smallest absolute Gasteiger partial charge is 0.264 e. The first-order valence-electron chi connectivity index (χ1n) is 8.22. The molecule has 136 valence electrons. The Labute approximate surface area is 155 Å². The van der Waals surface area contributed by atoms with E-state index in [-0.39, 0.29) is 4.90 Å². The maximum atomic E-state index is 13.2. The number of nitrogens with zero attached hydrogens (tertiary/aromatic N) is 1. The molecule has 0 N–H and O–H groups in total. The van der Waals surface area contributed by atoms with Gasteiger partial charge < -0.3 is 0 Å². The molecule has 0 saturated heterocycles. The van der Waals surface area contributed by atoms with Gasteiger partial charge in [-0.3, -0.25) is 13.9 Å². The van der Waals surface area contributed by atoms with Crippen molar-refractivity contribution in [1.29, 1.82) is 0 Å². The number of fused-ring (bicyclic) bond motifs is 1. The van der Waals surface area contributed by atoms with Crippen LogP contribution in [0.5, 0.6) is 0 Å². The Balaban J connectivity index is 1.86. The number of hydrogen-bond acceptors (Lipinski definition) is 4. The quantitative estimate of drug-likeness (QED) is 0.764. The molecule has 4 rings (SSSR count). The van der Waals surface area contributed by atoms with Gasteiger partial charge in [-0.2, -0.15) is 0 Å². The molecule has 0 amide bonds. The molecule has 0 spiro atoms. The number of Topliss-reactive ketones (excluding diaryl/α,β-unsaturated/α-hetero) is 1. The van der Waals surface area contributed by atoms with Crippen LogP contribution in [0.4, 0.5) is 4.39 Å². The Morgan fingerprint density at radius 3 is 2.26 bits per heavy atom. The average Bonchev–Trinajstić information content (AvgIpc) is 3.07. The van der Waals surface area contributed by atoms with Gasteiger partial charge in [0.25, 0.3) is 10.0 Å². The summed E-state index contributed by atoms with van der Waals surface area (Å²) in [5, 5.41) is 0. The van der Waals surface area contributed by atoms with Crippen LogP contribution in [-0.2, 0) is 19.6 Å². The zero-order valence-electron chi connectivity index (χ0n) is 13.9. The summed E-state index contributed by atoms with van der Waals surface area (Å²) in [5.41, 5.74) is 1.13. The van der Waals surface area contributed by atoms with Gasteiger partial charge in [0.1, 0.15) is 5.82 Å². The fourth-order valence-electron chi connectivity index (χ4n) is 3.39. The van der Waals surface area contributed by atoms with Crippen LogP contribution < -0.4 is 0 Å². The van der Waals surface area contributed by atoms with Crippen LogP contribution in [0.15, 0.2) is 77.8 Å². The van der Waals surface area contributed by atoms with Crippen LogP contribution in [-0.4, -0.2) is 30.3 Å². The number of ketones is 2. The lowest BCUT2D eigenvalue weighted by molar-refractivity contribution is -0.136. The lowest BCUT2D eigenvalue weighted by Crippen LogP contribution is -2.42. The minimum absolute atomic E-state index is 0.0917. The Kier molecular flexibility index (Phi) is 4.04. The number of sulfonamides is 1. The molecule has 27 heavy (non-hydrogen) atoms. The minimum Gasteiger partial charge on any atom is -0.290 e. The van der Waals surface area contributed by atoms with Crippen LogP contribution >= 0.6 is 0 Å². The second kappa shape index (κ2) is 6.28. The molecule has 2 unspecified atom stereocenters. The zero-order valence-corrected chi connectivity index (χ0v) is 14.8. The average molecular weight is 383 g/mol. The molecule has 2 aromatic carbocycles. The number of benzene rings is 2. The summed E-state index contributed by atoms with van der Waals surface area (Å²) < 4.78 is 40.5. The van der Waals surface area contributed by atoms with E-state index in [1.807, 2.05) is 0 Å². The third-order valence-corrected chi connectivity index (χ3v) is 6.47. The number of rotatable bonds is 3. The molecule has 0 radical (unpaired) electrons. The van der Waals surface area contributed by atoms with Crippen molar-refractivity contribution in [3.63, 3.8) is 0 Å². The Bertz CT molecular complexity index is 1090. The monoisotopic (exact) mass is 383 g/mol. The Morgan fingerprint density at radius 2 is 1.59 bits per heavy atom. The van der Waals surface area contributed by atoms with Crippen molar-refractivity contribution < 1.29 is 22.4 Å². The summed E-state index contributed by atoms with van der Waals surface area (Å²) in [6.07, 6.45) is 3.94. The Morgan fingerprint density at radius 1 is 0.926 bits per heavy atom. The predicted octanol–water partition coefficient (Wildman–Crippen LogP) is 2.56. The van der Waals surface area contributed by atoms with Gasteiger partial charge in [0, 0.05) is 6.20 Å². The van der Waals surface area contributed by atoms with Gasteiger partial charge in [0.15, 0.2) is 0 Å². The second-order valence-corrected chi connectivity index (χ2v) is 8.14. The summed E-state index contributed by atoms with van der Waals surface area (Å²) >= 11 is 0. The van der Waals surface area contributed by atoms with Crippen LogP contribution in [0.25, 0.3) is 5.57 Å². The number of hydrogen-bond donors (Lipinski definition) is 0. The van der Waals surface area contributed by atoms with Crippen molar-refractivity contribution in [2.45, 2.75) is 10.9 Å². The van der Waals surface area contributed by atoms with Gasteiger partial charge in [-0.25, -0.2) is 12.8 Å². The summed E-state index contributed by atoms with van der Waals surface area (Å²) in [6.45, 7) is 0. The number of halogens is 1. The van der Waals surface area contributed by atoms with Crippen molar-refractivity contribution >= 4 is 27.2 Å². The third kappa shape index (κ3) is 2.80. The van der Waals surface area contributed by atoms with Crippen molar-refractivity contribution in [3.05, 3.63) is 84.3 Å². The molecule has 0 fully saturated rings. The second-order valence-electron chi connectivity index (χ2n) is 6.30. The largest absolute Gasteiger partial charge is 0.290 e. The summed E-state index contributed by atoms with van der Waals surface area (Å²) in [6, 6.07) is 12.5. The first kappa shape index (κ1) is 17.4. The van der Waals surface area contributed by atoms with Gasteiger partial charge >= 0.3 is 0 Å². The molecule has 2 aromatic rings. The zero-order chi connectivity index (χ0) is 19.2. The van der Waals surface area contributed by atoms with Gasteiger partial charge in [0.05, 0.1) is 16.9 Å². The number of carbonyl (C=O) groups is 2. The predicted molar refractivity (Wildman–Crippen MR) is 96.3 cm³/mol. The summed E-state index contributed by atoms with van der Waals surface area (Å²) in [4.78, 5) is 24.3. The number of allylic oxidation sites excluding steroid dienone is 1. The SMILES string of the molecule is O=C1C=CC2C(C1=O)C(c1ccccc1)=CN2S(=O)(=O)c1ccc(F)cc1. The topological polar surface area (TPSA) is 71.5 Å². The molecule has 0 bridgehead atoms. The molecule has 0 aromatic heterocycles. The molecule has 0 saturated carbocycles. The highest BCUT2D eigenvalue weighted by Crippen LogP contribution is 2.41. The van der Waals surface area contributed by atoms with Gasteiger partial charge in [-0.1, -0.05) is 36.4 Å². The first-order chi connectivity index (χ1) is 12.9. The highest BCUT2D eigenvalue weighted by molar-refractivity contribution is 7.89. The maximum absolute atomic E-state index is 13.2. The fourth-order valence-corrected chi connectivity index (χ4v) is 4.88. The van der Waals surface area contributed by atoms with Gasteiger partial charge in [-0.15, -0.1) is 0 Å². The van der Waals surface area contributed by atoms with Crippen LogP contribution in [0.3, 0.4) is 0 Å². The van der Waals surface area contributed by atoms with Crippen molar-refractivity contribution in [3.8, 4) is 0 Å². The summed E-state index contributed by atoms with van der Waals surface area (Å²) in [7, 11) is -4.03. The standard InChI is InChI=1S/C20H14FNO4S/c21-14-6-8-15(9-7-14)27(25,26)22-12-16(13-4-2-1-3-5-13)19-17(22)10-11-18(23)20(19)24/h1-12,17,19H. The van der Waals surface area contributed by atoms with E-state index in [0.717, 1.165) is 22.5 Å². The highest BCUT2D eigenvalue weighted by Gasteiger charge is 2.47. The minimum atomic E-state index is -4.03.